The third-order valence-corrected chi connectivity index (χ3v) is 5.74. The van der Waals surface area contributed by atoms with Crippen molar-refractivity contribution < 1.29 is 9.53 Å². The molecule has 1 N–H and O–H groups in total. The third-order valence-electron chi connectivity index (χ3n) is 5.74. The molecular weight excluding hydrogens is 326 g/mol. The van der Waals surface area contributed by atoms with Gasteiger partial charge in [-0.25, -0.2) is 4.79 Å². The molecule has 2 aliphatic heterocycles. The first-order valence-corrected chi connectivity index (χ1v) is 9.91. The number of carbonyl (C=O) groups excluding carboxylic acids is 1. The van der Waals surface area contributed by atoms with Gasteiger partial charge in [0.15, 0.2) is 0 Å². The highest BCUT2D eigenvalue weighted by Gasteiger charge is 2.42. The molecule has 0 saturated carbocycles. The Labute approximate surface area is 157 Å². The zero-order chi connectivity index (χ0) is 18.6. The Morgan fingerprint density at radius 2 is 2.00 bits per heavy atom. The van der Waals surface area contributed by atoms with E-state index in [2.05, 4.69) is 47.6 Å². The molecule has 2 saturated heterocycles. The molecule has 2 amide bonds. The molecule has 0 aliphatic carbocycles. The lowest BCUT2D eigenvalue weighted by Gasteiger charge is -2.48. The molecule has 1 aromatic carbocycles. The summed E-state index contributed by atoms with van der Waals surface area (Å²) in [6.07, 6.45) is 4.03. The highest BCUT2D eigenvalue weighted by Crippen LogP contribution is 2.36. The van der Waals surface area contributed by atoms with Gasteiger partial charge >= 0.3 is 6.03 Å². The first-order chi connectivity index (χ1) is 12.5. The summed E-state index contributed by atoms with van der Waals surface area (Å²) < 4.78 is 6.26. The number of rotatable bonds is 4. The van der Waals surface area contributed by atoms with Crippen molar-refractivity contribution in [2.24, 2.45) is 0 Å². The second-order valence-corrected chi connectivity index (χ2v) is 8.17. The molecule has 5 heteroatoms. The molecule has 5 nitrogen and oxygen atoms in total. The number of hydrogen-bond donors (Lipinski definition) is 1. The van der Waals surface area contributed by atoms with E-state index in [4.69, 9.17) is 4.74 Å². The van der Waals surface area contributed by atoms with E-state index >= 15 is 0 Å². The molecule has 0 aromatic heterocycles. The molecule has 0 radical (unpaired) electrons. The standard InChI is InChI=1S/C21H33N3O2/c1-17(2)22-20(25)24-12-10-21(11-13-24)15-19(9-14-26-21)23(3)16-18-7-5-4-6-8-18/h4-8,17,19H,9-16H2,1-3H3,(H,22,25). The van der Waals surface area contributed by atoms with Crippen LogP contribution in [0.25, 0.3) is 0 Å². The molecular formula is C21H33N3O2. The number of nitrogens with zero attached hydrogens (tertiary/aromatic N) is 2. The molecule has 2 aliphatic rings. The first kappa shape index (κ1) is 19.2. The summed E-state index contributed by atoms with van der Waals surface area (Å²) >= 11 is 0. The van der Waals surface area contributed by atoms with Gasteiger partial charge < -0.3 is 15.0 Å². The number of benzene rings is 1. The van der Waals surface area contributed by atoms with Crippen molar-refractivity contribution in [2.75, 3.05) is 26.7 Å². The van der Waals surface area contributed by atoms with Crippen LogP contribution in [-0.2, 0) is 11.3 Å². The summed E-state index contributed by atoms with van der Waals surface area (Å²) in [7, 11) is 2.22. The van der Waals surface area contributed by atoms with Crippen LogP contribution in [0.4, 0.5) is 4.79 Å². The van der Waals surface area contributed by atoms with Gasteiger partial charge in [0, 0.05) is 38.3 Å². The molecule has 1 atom stereocenters. The second kappa shape index (κ2) is 8.40. The van der Waals surface area contributed by atoms with Crippen LogP contribution >= 0.6 is 0 Å². The summed E-state index contributed by atoms with van der Waals surface area (Å²) in [6, 6.07) is 11.4. The highest BCUT2D eigenvalue weighted by molar-refractivity contribution is 5.74. The van der Waals surface area contributed by atoms with Crippen LogP contribution in [-0.4, -0.2) is 60.3 Å². The summed E-state index contributed by atoms with van der Waals surface area (Å²) in [4.78, 5) is 16.6. The summed E-state index contributed by atoms with van der Waals surface area (Å²) in [5.41, 5.74) is 1.30. The molecule has 1 aromatic rings. The molecule has 1 spiro atoms. The van der Waals surface area contributed by atoms with Gasteiger partial charge in [0.25, 0.3) is 0 Å². The summed E-state index contributed by atoms with van der Waals surface area (Å²) in [5.74, 6) is 0. The number of likely N-dealkylation sites (tertiary alicyclic amines) is 1. The minimum Gasteiger partial charge on any atom is -0.375 e. The van der Waals surface area contributed by atoms with Gasteiger partial charge in [0.2, 0.25) is 0 Å². The maximum Gasteiger partial charge on any atom is 0.317 e. The van der Waals surface area contributed by atoms with E-state index in [9.17, 15) is 4.79 Å². The Bertz CT molecular complexity index is 582. The van der Waals surface area contributed by atoms with E-state index in [1.165, 1.54) is 5.56 Å². The molecule has 144 valence electrons. The van der Waals surface area contributed by atoms with Gasteiger partial charge in [0.1, 0.15) is 0 Å². The van der Waals surface area contributed by atoms with E-state index in [0.29, 0.717) is 6.04 Å². The van der Waals surface area contributed by atoms with Crippen molar-refractivity contribution in [3.8, 4) is 0 Å². The Hall–Kier alpha value is -1.59. The number of urea groups is 1. The molecule has 3 rings (SSSR count). The van der Waals surface area contributed by atoms with Crippen molar-refractivity contribution in [2.45, 2.75) is 63.8 Å². The van der Waals surface area contributed by atoms with Gasteiger partial charge in [-0.1, -0.05) is 30.3 Å². The fraction of sp³-hybridized carbons (Fsp3) is 0.667. The molecule has 26 heavy (non-hydrogen) atoms. The van der Waals surface area contributed by atoms with Crippen LogP contribution in [0.15, 0.2) is 30.3 Å². The number of nitrogens with one attached hydrogen (secondary N) is 1. The first-order valence-electron chi connectivity index (χ1n) is 9.91. The van der Waals surface area contributed by atoms with Crippen molar-refractivity contribution >= 4 is 6.03 Å². The Balaban J connectivity index is 1.54. The zero-order valence-corrected chi connectivity index (χ0v) is 16.4. The van der Waals surface area contributed by atoms with Crippen LogP contribution in [0.5, 0.6) is 0 Å². The number of hydrogen-bond acceptors (Lipinski definition) is 3. The molecule has 0 bridgehead atoms. The van der Waals surface area contributed by atoms with Crippen molar-refractivity contribution in [1.29, 1.82) is 0 Å². The monoisotopic (exact) mass is 359 g/mol. The fourth-order valence-corrected chi connectivity index (χ4v) is 4.18. The molecule has 2 heterocycles. The van der Waals surface area contributed by atoms with Gasteiger partial charge in [0.05, 0.1) is 5.60 Å². The normalized spacial score (nSPS) is 22.8. The van der Waals surface area contributed by atoms with Crippen molar-refractivity contribution in [3.05, 3.63) is 35.9 Å². The lowest BCUT2D eigenvalue weighted by molar-refractivity contribution is -0.128. The average molecular weight is 360 g/mol. The maximum atomic E-state index is 12.2. The van der Waals surface area contributed by atoms with E-state index in [1.807, 2.05) is 18.7 Å². The number of piperidine rings is 1. The van der Waals surface area contributed by atoms with Crippen LogP contribution in [0, 0.1) is 0 Å². The summed E-state index contributed by atoms with van der Waals surface area (Å²) in [5, 5.41) is 3.00. The highest BCUT2D eigenvalue weighted by atomic mass is 16.5. The third kappa shape index (κ3) is 4.77. The van der Waals surface area contributed by atoms with E-state index < -0.39 is 0 Å². The quantitative estimate of drug-likeness (QED) is 0.897. The maximum absolute atomic E-state index is 12.2. The van der Waals surface area contributed by atoms with Crippen LogP contribution in [0.1, 0.15) is 45.1 Å². The van der Waals surface area contributed by atoms with E-state index in [0.717, 1.165) is 51.9 Å². The van der Waals surface area contributed by atoms with Crippen LogP contribution < -0.4 is 5.32 Å². The topological polar surface area (TPSA) is 44.8 Å². The number of ether oxygens (including phenoxy) is 1. The predicted molar refractivity (Wildman–Crippen MR) is 104 cm³/mol. The van der Waals surface area contributed by atoms with E-state index in [-0.39, 0.29) is 17.7 Å². The van der Waals surface area contributed by atoms with Crippen molar-refractivity contribution in [1.82, 2.24) is 15.1 Å². The molecule has 2 fully saturated rings. The zero-order valence-electron chi connectivity index (χ0n) is 16.4. The van der Waals surface area contributed by atoms with Crippen LogP contribution in [0.3, 0.4) is 0 Å². The average Bonchev–Trinajstić information content (AvgIpc) is 2.62. The Morgan fingerprint density at radius 1 is 1.31 bits per heavy atom. The largest absolute Gasteiger partial charge is 0.375 e. The lowest BCUT2D eigenvalue weighted by atomic mass is 9.82. The van der Waals surface area contributed by atoms with Gasteiger partial charge in [-0.2, -0.15) is 0 Å². The van der Waals surface area contributed by atoms with E-state index in [1.54, 1.807) is 0 Å². The fourth-order valence-electron chi connectivity index (χ4n) is 4.18. The SMILES string of the molecule is CC(C)NC(=O)N1CCC2(CC1)CC(N(C)Cc1ccccc1)CCO2. The van der Waals surface area contributed by atoms with Gasteiger partial charge in [-0.05, 0) is 52.1 Å². The predicted octanol–water partition coefficient (Wildman–Crippen LogP) is 3.25. The smallest absolute Gasteiger partial charge is 0.317 e. The Kier molecular flexibility index (Phi) is 6.20. The lowest BCUT2D eigenvalue weighted by Crippen LogP contribution is -2.55. The van der Waals surface area contributed by atoms with Crippen LogP contribution in [0.2, 0.25) is 0 Å². The summed E-state index contributed by atoms with van der Waals surface area (Å²) in [6.45, 7) is 7.37. The Morgan fingerprint density at radius 3 is 2.65 bits per heavy atom. The minimum atomic E-state index is -0.0531. The number of amides is 2. The number of carbonyl (C=O) groups is 1. The molecule has 1 unspecified atom stereocenters. The van der Waals surface area contributed by atoms with Crippen molar-refractivity contribution in [3.63, 3.8) is 0 Å². The van der Waals surface area contributed by atoms with Gasteiger partial charge in [-0.3, -0.25) is 4.90 Å². The second-order valence-electron chi connectivity index (χ2n) is 8.17. The minimum absolute atomic E-state index is 0.0531. The van der Waals surface area contributed by atoms with Gasteiger partial charge in [-0.15, -0.1) is 0 Å².